The predicted molar refractivity (Wildman–Crippen MR) is 68.0 cm³/mol. The zero-order valence-electron chi connectivity index (χ0n) is 10.2. The van der Waals surface area contributed by atoms with E-state index < -0.39 is 0 Å². The van der Waals surface area contributed by atoms with Crippen LogP contribution in [-0.2, 0) is 16.0 Å². The SMILES string of the molecule is N#CCc1ccc(NC(=O)CC2CCCO2)cc1. The molecule has 2 rings (SSSR count). The maximum Gasteiger partial charge on any atom is 0.226 e. The number of nitrogens with one attached hydrogen (secondary N) is 1. The molecule has 1 aromatic carbocycles. The predicted octanol–water partition coefficient (Wildman–Crippen LogP) is 2.26. The third-order valence-corrected chi connectivity index (χ3v) is 2.96. The van der Waals surface area contributed by atoms with Crippen LogP contribution in [0.3, 0.4) is 0 Å². The first-order valence-electron chi connectivity index (χ1n) is 6.15. The molecule has 1 amide bonds. The Morgan fingerprint density at radius 1 is 1.44 bits per heavy atom. The summed E-state index contributed by atoms with van der Waals surface area (Å²) in [5.74, 6) is -0.0186. The van der Waals surface area contributed by atoms with Gasteiger partial charge < -0.3 is 10.1 Å². The van der Waals surface area contributed by atoms with E-state index in [2.05, 4.69) is 11.4 Å². The monoisotopic (exact) mass is 244 g/mol. The molecular formula is C14H16N2O2. The topological polar surface area (TPSA) is 62.1 Å². The van der Waals surface area contributed by atoms with E-state index in [1.54, 1.807) is 0 Å². The first kappa shape index (κ1) is 12.6. The molecule has 0 radical (unpaired) electrons. The van der Waals surface area contributed by atoms with Crippen LogP contribution >= 0.6 is 0 Å². The zero-order chi connectivity index (χ0) is 12.8. The van der Waals surface area contributed by atoms with Gasteiger partial charge in [0.05, 0.1) is 25.0 Å². The van der Waals surface area contributed by atoms with Gasteiger partial charge >= 0.3 is 0 Å². The summed E-state index contributed by atoms with van der Waals surface area (Å²) < 4.78 is 5.42. The standard InChI is InChI=1S/C14H16N2O2/c15-8-7-11-3-5-12(6-4-11)16-14(17)10-13-2-1-9-18-13/h3-6,13H,1-2,7,9-10H2,(H,16,17). The van der Waals surface area contributed by atoms with Gasteiger partial charge in [-0.1, -0.05) is 12.1 Å². The molecule has 0 bridgehead atoms. The highest BCUT2D eigenvalue weighted by molar-refractivity contribution is 5.91. The van der Waals surface area contributed by atoms with Crippen LogP contribution in [0.15, 0.2) is 24.3 Å². The summed E-state index contributed by atoms with van der Waals surface area (Å²) in [4.78, 5) is 11.7. The molecule has 1 saturated heterocycles. The molecule has 1 N–H and O–H groups in total. The summed E-state index contributed by atoms with van der Waals surface area (Å²) in [6, 6.07) is 9.43. The molecule has 0 spiro atoms. The van der Waals surface area contributed by atoms with Crippen LogP contribution in [0.1, 0.15) is 24.8 Å². The zero-order valence-corrected chi connectivity index (χ0v) is 10.2. The Balaban J connectivity index is 1.84. The third kappa shape index (κ3) is 3.57. The minimum absolute atomic E-state index is 0.0186. The minimum Gasteiger partial charge on any atom is -0.378 e. The number of ether oxygens (including phenoxy) is 1. The Morgan fingerprint density at radius 3 is 2.83 bits per heavy atom. The highest BCUT2D eigenvalue weighted by Gasteiger charge is 2.18. The molecule has 0 aromatic heterocycles. The number of nitriles is 1. The number of rotatable bonds is 4. The van der Waals surface area contributed by atoms with Crippen molar-refractivity contribution in [2.45, 2.75) is 31.8 Å². The Kier molecular flexibility index (Phi) is 4.32. The smallest absolute Gasteiger partial charge is 0.226 e. The van der Waals surface area contributed by atoms with Crippen LogP contribution in [0.5, 0.6) is 0 Å². The van der Waals surface area contributed by atoms with Crippen molar-refractivity contribution in [3.63, 3.8) is 0 Å². The molecule has 1 heterocycles. The van der Waals surface area contributed by atoms with Gasteiger partial charge in [-0.25, -0.2) is 0 Å². The van der Waals surface area contributed by atoms with Crippen molar-refractivity contribution < 1.29 is 9.53 Å². The van der Waals surface area contributed by atoms with E-state index in [9.17, 15) is 4.79 Å². The first-order valence-corrected chi connectivity index (χ1v) is 6.15. The molecule has 18 heavy (non-hydrogen) atoms. The summed E-state index contributed by atoms with van der Waals surface area (Å²) in [7, 11) is 0. The van der Waals surface area contributed by atoms with Crippen LogP contribution in [0.4, 0.5) is 5.69 Å². The maximum atomic E-state index is 11.7. The van der Waals surface area contributed by atoms with Gasteiger partial charge in [-0.2, -0.15) is 5.26 Å². The summed E-state index contributed by atoms with van der Waals surface area (Å²) in [6.07, 6.45) is 2.89. The number of benzene rings is 1. The van der Waals surface area contributed by atoms with Crippen molar-refractivity contribution in [1.29, 1.82) is 5.26 Å². The van der Waals surface area contributed by atoms with Gasteiger partial charge in [0.25, 0.3) is 0 Å². The van der Waals surface area contributed by atoms with E-state index in [-0.39, 0.29) is 12.0 Å². The van der Waals surface area contributed by atoms with Crippen molar-refractivity contribution in [3.05, 3.63) is 29.8 Å². The molecule has 94 valence electrons. The molecule has 1 unspecified atom stereocenters. The number of anilines is 1. The van der Waals surface area contributed by atoms with E-state index in [0.717, 1.165) is 30.7 Å². The van der Waals surface area contributed by atoms with Crippen molar-refractivity contribution in [1.82, 2.24) is 0 Å². The second-order valence-electron chi connectivity index (χ2n) is 4.42. The minimum atomic E-state index is -0.0186. The van der Waals surface area contributed by atoms with E-state index in [1.165, 1.54) is 0 Å². The van der Waals surface area contributed by atoms with Crippen LogP contribution in [0, 0.1) is 11.3 Å². The van der Waals surface area contributed by atoms with E-state index >= 15 is 0 Å². The third-order valence-electron chi connectivity index (χ3n) is 2.96. The van der Waals surface area contributed by atoms with Crippen molar-refractivity contribution in [2.24, 2.45) is 0 Å². The lowest BCUT2D eigenvalue weighted by Crippen LogP contribution is -2.19. The van der Waals surface area contributed by atoms with Crippen molar-refractivity contribution in [3.8, 4) is 6.07 Å². The average molecular weight is 244 g/mol. The molecule has 4 nitrogen and oxygen atoms in total. The molecule has 1 aliphatic rings. The highest BCUT2D eigenvalue weighted by atomic mass is 16.5. The second-order valence-corrected chi connectivity index (χ2v) is 4.42. The Bertz CT molecular complexity index is 442. The number of hydrogen-bond acceptors (Lipinski definition) is 3. The molecule has 1 aromatic rings. The van der Waals surface area contributed by atoms with Gasteiger partial charge in [-0.15, -0.1) is 0 Å². The fraction of sp³-hybridized carbons (Fsp3) is 0.429. The summed E-state index contributed by atoms with van der Waals surface area (Å²) in [5, 5.41) is 11.4. The van der Waals surface area contributed by atoms with Crippen molar-refractivity contribution >= 4 is 11.6 Å². The van der Waals surface area contributed by atoms with Gasteiger partial charge in [-0.05, 0) is 30.5 Å². The fourth-order valence-electron chi connectivity index (χ4n) is 2.02. The summed E-state index contributed by atoms with van der Waals surface area (Å²) in [5.41, 5.74) is 1.72. The Morgan fingerprint density at radius 2 is 2.22 bits per heavy atom. The van der Waals surface area contributed by atoms with Crippen molar-refractivity contribution in [2.75, 3.05) is 11.9 Å². The van der Waals surface area contributed by atoms with Gasteiger partial charge in [0, 0.05) is 12.3 Å². The molecule has 1 aliphatic heterocycles. The van der Waals surface area contributed by atoms with Crippen LogP contribution < -0.4 is 5.32 Å². The van der Waals surface area contributed by atoms with Gasteiger partial charge in [-0.3, -0.25) is 4.79 Å². The quantitative estimate of drug-likeness (QED) is 0.883. The average Bonchev–Trinajstić information content (AvgIpc) is 2.84. The lowest BCUT2D eigenvalue weighted by molar-refractivity contribution is -0.118. The van der Waals surface area contributed by atoms with E-state index in [1.807, 2.05) is 24.3 Å². The molecule has 1 fully saturated rings. The largest absolute Gasteiger partial charge is 0.378 e. The number of amides is 1. The maximum absolute atomic E-state index is 11.7. The number of hydrogen-bond donors (Lipinski definition) is 1. The normalized spacial score (nSPS) is 18.3. The summed E-state index contributed by atoms with van der Waals surface area (Å²) in [6.45, 7) is 0.765. The van der Waals surface area contributed by atoms with Gasteiger partial charge in [0.15, 0.2) is 0 Å². The van der Waals surface area contributed by atoms with E-state index in [4.69, 9.17) is 10.00 Å². The van der Waals surface area contributed by atoms with E-state index in [0.29, 0.717) is 12.8 Å². The molecular weight excluding hydrogens is 228 g/mol. The second kappa shape index (κ2) is 6.18. The lowest BCUT2D eigenvalue weighted by Gasteiger charge is -2.10. The van der Waals surface area contributed by atoms with Gasteiger partial charge in [0.2, 0.25) is 5.91 Å². The van der Waals surface area contributed by atoms with Crippen LogP contribution in [0.2, 0.25) is 0 Å². The van der Waals surface area contributed by atoms with Crippen LogP contribution in [-0.4, -0.2) is 18.6 Å². The number of carbonyl (C=O) groups excluding carboxylic acids is 1. The molecule has 0 aliphatic carbocycles. The molecule has 0 saturated carbocycles. The number of carbonyl (C=O) groups is 1. The highest BCUT2D eigenvalue weighted by Crippen LogP contribution is 2.16. The number of nitrogens with zero attached hydrogens (tertiary/aromatic N) is 1. The Hall–Kier alpha value is -1.86. The lowest BCUT2D eigenvalue weighted by atomic mass is 10.1. The fourth-order valence-corrected chi connectivity index (χ4v) is 2.02. The Labute approximate surface area is 107 Å². The molecule has 1 atom stereocenters. The first-order chi connectivity index (χ1) is 8.78. The summed E-state index contributed by atoms with van der Waals surface area (Å²) >= 11 is 0. The molecule has 4 heteroatoms. The van der Waals surface area contributed by atoms with Crippen LogP contribution in [0.25, 0.3) is 0 Å². The van der Waals surface area contributed by atoms with Gasteiger partial charge in [0.1, 0.15) is 0 Å².